The Bertz CT molecular complexity index is 284. The van der Waals surface area contributed by atoms with Crippen LogP contribution in [0.3, 0.4) is 0 Å². The number of alkyl halides is 3. The Morgan fingerprint density at radius 1 is 1.29 bits per heavy atom. The lowest BCUT2D eigenvalue weighted by Crippen LogP contribution is -2.07. The van der Waals surface area contributed by atoms with Crippen molar-refractivity contribution in [2.24, 2.45) is 5.73 Å². The van der Waals surface area contributed by atoms with E-state index in [2.05, 4.69) is 14.7 Å². The van der Waals surface area contributed by atoms with Gasteiger partial charge in [-0.1, -0.05) is 5.16 Å². The van der Waals surface area contributed by atoms with Crippen LogP contribution in [0.1, 0.15) is 24.6 Å². The third-order valence-electron chi connectivity index (χ3n) is 1.57. The Balaban J connectivity index is 2.51. The molecule has 0 aromatic carbocycles. The first-order valence-corrected chi connectivity index (χ1v) is 4.14. The van der Waals surface area contributed by atoms with Crippen molar-refractivity contribution >= 4 is 0 Å². The van der Waals surface area contributed by atoms with Crippen LogP contribution in [-0.4, -0.2) is 16.7 Å². The van der Waals surface area contributed by atoms with Crippen LogP contribution in [0.2, 0.25) is 0 Å². The molecular formula is C7H10F3N3O. The quantitative estimate of drug-likeness (QED) is 0.760. The Labute approximate surface area is 78.3 Å². The van der Waals surface area contributed by atoms with E-state index in [0.717, 1.165) is 6.42 Å². The second kappa shape index (κ2) is 4.41. The standard InChI is InChI=1S/C7H10F3N3O/c8-7(9,10)6-12-5(14-13-6)3-1-2-4-11/h1-4,11H2. The summed E-state index contributed by atoms with van der Waals surface area (Å²) in [6, 6.07) is 0. The molecule has 7 heteroatoms. The summed E-state index contributed by atoms with van der Waals surface area (Å²) < 4.78 is 40.4. The van der Waals surface area contributed by atoms with E-state index in [1.54, 1.807) is 0 Å². The lowest BCUT2D eigenvalue weighted by atomic mass is 10.2. The van der Waals surface area contributed by atoms with Gasteiger partial charge < -0.3 is 10.3 Å². The summed E-state index contributed by atoms with van der Waals surface area (Å²) in [5.41, 5.74) is 5.22. The average Bonchev–Trinajstić information content (AvgIpc) is 2.52. The van der Waals surface area contributed by atoms with E-state index in [1.807, 2.05) is 0 Å². The topological polar surface area (TPSA) is 64.9 Å². The van der Waals surface area contributed by atoms with E-state index in [4.69, 9.17) is 5.73 Å². The molecule has 0 aliphatic heterocycles. The minimum absolute atomic E-state index is 0.00535. The number of hydrogen-bond donors (Lipinski definition) is 1. The highest BCUT2D eigenvalue weighted by Gasteiger charge is 2.37. The summed E-state index contributed by atoms with van der Waals surface area (Å²) in [7, 11) is 0. The minimum Gasteiger partial charge on any atom is -0.339 e. The number of halogens is 3. The molecule has 2 N–H and O–H groups in total. The number of nitrogens with two attached hydrogens (primary N) is 1. The van der Waals surface area contributed by atoms with E-state index in [-0.39, 0.29) is 5.89 Å². The lowest BCUT2D eigenvalue weighted by molar-refractivity contribution is -0.146. The van der Waals surface area contributed by atoms with E-state index in [1.165, 1.54) is 0 Å². The first-order chi connectivity index (χ1) is 6.54. The largest absolute Gasteiger partial charge is 0.455 e. The summed E-state index contributed by atoms with van der Waals surface area (Å²) >= 11 is 0. The van der Waals surface area contributed by atoms with Crippen molar-refractivity contribution in [3.05, 3.63) is 11.7 Å². The second-order valence-corrected chi connectivity index (χ2v) is 2.76. The third kappa shape index (κ3) is 2.99. The fraction of sp³-hybridized carbons (Fsp3) is 0.714. The summed E-state index contributed by atoms with van der Waals surface area (Å²) in [5, 5.41) is 2.82. The number of hydrogen-bond acceptors (Lipinski definition) is 4. The van der Waals surface area contributed by atoms with Crippen LogP contribution in [-0.2, 0) is 12.6 Å². The number of unbranched alkanes of at least 4 members (excludes halogenated alkanes) is 1. The summed E-state index contributed by atoms with van der Waals surface area (Å²) in [6.07, 6.45) is -2.82. The minimum atomic E-state index is -4.53. The van der Waals surface area contributed by atoms with Gasteiger partial charge in [0.2, 0.25) is 5.89 Å². The fourth-order valence-electron chi connectivity index (χ4n) is 0.892. The number of aryl methyl sites for hydroxylation is 1. The van der Waals surface area contributed by atoms with Gasteiger partial charge in [0.1, 0.15) is 0 Å². The van der Waals surface area contributed by atoms with Gasteiger partial charge >= 0.3 is 6.18 Å². The molecule has 1 rings (SSSR count). The number of aromatic nitrogens is 2. The van der Waals surface area contributed by atoms with Gasteiger partial charge in [0.05, 0.1) is 0 Å². The molecule has 80 valence electrons. The van der Waals surface area contributed by atoms with Crippen LogP contribution in [0.4, 0.5) is 13.2 Å². The van der Waals surface area contributed by atoms with Crippen molar-refractivity contribution in [2.45, 2.75) is 25.4 Å². The molecule has 0 aliphatic carbocycles. The Morgan fingerprint density at radius 2 is 2.00 bits per heavy atom. The van der Waals surface area contributed by atoms with Gasteiger partial charge in [-0.2, -0.15) is 18.2 Å². The van der Waals surface area contributed by atoms with Crippen molar-refractivity contribution in [1.82, 2.24) is 10.1 Å². The molecule has 0 radical (unpaired) electrons. The van der Waals surface area contributed by atoms with Gasteiger partial charge in [0, 0.05) is 6.42 Å². The molecule has 1 aromatic rings. The van der Waals surface area contributed by atoms with Crippen LogP contribution in [0.5, 0.6) is 0 Å². The van der Waals surface area contributed by atoms with Crippen LogP contribution in [0.25, 0.3) is 0 Å². The van der Waals surface area contributed by atoms with Gasteiger partial charge in [0.15, 0.2) is 0 Å². The fourth-order valence-corrected chi connectivity index (χ4v) is 0.892. The highest BCUT2D eigenvalue weighted by atomic mass is 19.4. The molecule has 14 heavy (non-hydrogen) atoms. The molecule has 0 saturated carbocycles. The normalized spacial score (nSPS) is 12.0. The van der Waals surface area contributed by atoms with E-state index in [9.17, 15) is 13.2 Å². The SMILES string of the molecule is NCCCCc1nc(C(F)(F)F)no1. The van der Waals surface area contributed by atoms with Gasteiger partial charge in [-0.3, -0.25) is 0 Å². The van der Waals surface area contributed by atoms with E-state index >= 15 is 0 Å². The maximum absolute atomic E-state index is 12.0. The second-order valence-electron chi connectivity index (χ2n) is 2.76. The molecule has 0 aliphatic rings. The van der Waals surface area contributed by atoms with Crippen molar-refractivity contribution < 1.29 is 17.7 Å². The lowest BCUT2D eigenvalue weighted by Gasteiger charge is -1.96. The molecule has 0 bridgehead atoms. The van der Waals surface area contributed by atoms with Gasteiger partial charge in [-0.05, 0) is 19.4 Å². The van der Waals surface area contributed by atoms with Crippen LogP contribution in [0, 0.1) is 0 Å². The molecule has 0 atom stereocenters. The first kappa shape index (κ1) is 11.0. The monoisotopic (exact) mass is 209 g/mol. The Hall–Kier alpha value is -1.11. The van der Waals surface area contributed by atoms with Crippen molar-refractivity contribution in [3.63, 3.8) is 0 Å². The highest BCUT2D eigenvalue weighted by Crippen LogP contribution is 2.26. The van der Waals surface area contributed by atoms with Crippen molar-refractivity contribution in [3.8, 4) is 0 Å². The molecule has 4 nitrogen and oxygen atoms in total. The smallest absolute Gasteiger partial charge is 0.339 e. The first-order valence-electron chi connectivity index (χ1n) is 4.14. The third-order valence-corrected chi connectivity index (χ3v) is 1.57. The predicted molar refractivity (Wildman–Crippen MR) is 41.3 cm³/mol. The summed E-state index contributed by atoms with van der Waals surface area (Å²) in [5.74, 6) is -1.22. The maximum atomic E-state index is 12.0. The molecule has 0 fully saturated rings. The van der Waals surface area contributed by atoms with Gasteiger partial charge in [-0.15, -0.1) is 0 Å². The predicted octanol–water partition coefficient (Wildman–Crippen LogP) is 1.37. The van der Waals surface area contributed by atoms with Crippen LogP contribution in [0.15, 0.2) is 4.52 Å². The molecule has 1 heterocycles. The van der Waals surface area contributed by atoms with Gasteiger partial charge in [-0.25, -0.2) is 0 Å². The highest BCUT2D eigenvalue weighted by molar-refractivity contribution is 4.90. The van der Waals surface area contributed by atoms with Crippen molar-refractivity contribution in [2.75, 3.05) is 6.54 Å². The maximum Gasteiger partial charge on any atom is 0.455 e. The zero-order chi connectivity index (χ0) is 10.6. The Morgan fingerprint density at radius 3 is 2.50 bits per heavy atom. The average molecular weight is 209 g/mol. The molecule has 0 amide bonds. The zero-order valence-corrected chi connectivity index (χ0v) is 7.34. The number of rotatable bonds is 4. The molecule has 0 saturated heterocycles. The van der Waals surface area contributed by atoms with Crippen molar-refractivity contribution in [1.29, 1.82) is 0 Å². The zero-order valence-electron chi connectivity index (χ0n) is 7.34. The van der Waals surface area contributed by atoms with Crippen LogP contribution < -0.4 is 5.73 Å². The van der Waals surface area contributed by atoms with Gasteiger partial charge in [0.25, 0.3) is 5.82 Å². The molecule has 0 spiro atoms. The number of nitrogens with zero attached hydrogens (tertiary/aromatic N) is 2. The van der Waals surface area contributed by atoms with E-state index in [0.29, 0.717) is 19.4 Å². The van der Waals surface area contributed by atoms with Crippen LogP contribution >= 0.6 is 0 Å². The summed E-state index contributed by atoms with van der Waals surface area (Å²) in [6.45, 7) is 0.500. The molecule has 1 aromatic heterocycles. The summed E-state index contributed by atoms with van der Waals surface area (Å²) in [4.78, 5) is 3.21. The molecular weight excluding hydrogens is 199 g/mol. The molecule has 0 unspecified atom stereocenters. The Kier molecular flexibility index (Phi) is 3.45. The van der Waals surface area contributed by atoms with E-state index < -0.39 is 12.0 Å².